The lowest BCUT2D eigenvalue weighted by atomic mass is 9.96. The van der Waals surface area contributed by atoms with E-state index < -0.39 is 0 Å². The molecule has 2 aliphatic rings. The van der Waals surface area contributed by atoms with E-state index in [1.54, 1.807) is 7.11 Å². The van der Waals surface area contributed by atoms with E-state index in [1.807, 2.05) is 24.3 Å². The van der Waals surface area contributed by atoms with Crippen molar-refractivity contribution >= 4 is 5.91 Å². The van der Waals surface area contributed by atoms with Gasteiger partial charge < -0.3 is 10.1 Å². The van der Waals surface area contributed by atoms with Crippen LogP contribution in [0.25, 0.3) is 0 Å². The molecule has 34 heavy (non-hydrogen) atoms. The highest BCUT2D eigenvalue weighted by molar-refractivity contribution is 5.78. The normalized spacial score (nSPS) is 21.9. The predicted octanol–water partition coefficient (Wildman–Crippen LogP) is 3.54. The molecule has 0 bridgehead atoms. The van der Waals surface area contributed by atoms with Crippen molar-refractivity contribution in [2.24, 2.45) is 0 Å². The van der Waals surface area contributed by atoms with E-state index in [1.165, 1.54) is 11.1 Å². The highest BCUT2D eigenvalue weighted by Crippen LogP contribution is 2.31. The summed E-state index contributed by atoms with van der Waals surface area (Å²) in [4.78, 5) is 17.5. The number of piperazine rings is 1. The van der Waals surface area contributed by atoms with Crippen LogP contribution >= 0.6 is 0 Å². The molecule has 0 radical (unpaired) electrons. The molecule has 2 atom stereocenters. The number of carbonyl (C=O) groups is 1. The summed E-state index contributed by atoms with van der Waals surface area (Å²) in [6.45, 7) is 3.57. The van der Waals surface area contributed by atoms with Gasteiger partial charge in [0.1, 0.15) is 12.0 Å². The lowest BCUT2D eigenvalue weighted by Gasteiger charge is -2.45. The van der Waals surface area contributed by atoms with Crippen molar-refractivity contribution in [3.05, 3.63) is 102 Å². The van der Waals surface area contributed by atoms with Crippen LogP contribution in [0.15, 0.2) is 84.9 Å². The predicted molar refractivity (Wildman–Crippen MR) is 133 cm³/mol. The van der Waals surface area contributed by atoms with Crippen LogP contribution in [0.3, 0.4) is 0 Å². The summed E-state index contributed by atoms with van der Waals surface area (Å²) in [5, 5.41) is 6.79. The minimum absolute atomic E-state index is 0.0635. The molecule has 6 heteroatoms. The maximum absolute atomic E-state index is 12.6. The number of methoxy groups -OCH3 is 1. The van der Waals surface area contributed by atoms with Crippen LogP contribution in [0.4, 0.5) is 0 Å². The Morgan fingerprint density at radius 1 is 0.824 bits per heavy atom. The van der Waals surface area contributed by atoms with Crippen molar-refractivity contribution in [1.82, 2.24) is 20.4 Å². The molecule has 2 aliphatic heterocycles. The molecule has 3 aromatic carbocycles. The molecule has 2 fully saturated rings. The Bertz CT molecular complexity index is 1040. The summed E-state index contributed by atoms with van der Waals surface area (Å²) in [7, 11) is 1.67. The van der Waals surface area contributed by atoms with Gasteiger partial charge in [-0.25, -0.2) is 0 Å². The monoisotopic (exact) mass is 456 g/mol. The number of nitrogens with zero attached hydrogens (tertiary/aromatic N) is 2. The molecule has 2 saturated heterocycles. The standard InChI is InChI=1S/C28H32N4O2/c1-34-25-15-9-8-14-23(25)24-20-26(33)30-28(29-24)32-18-16-31(17-19-32)27(21-10-4-2-5-11-21)22-12-6-3-7-13-22/h2-15,24,27-29H,16-20H2,1H3,(H,30,33). The van der Waals surface area contributed by atoms with E-state index in [0.717, 1.165) is 37.5 Å². The fourth-order valence-electron chi connectivity index (χ4n) is 5.18. The summed E-state index contributed by atoms with van der Waals surface area (Å²) >= 11 is 0. The smallest absolute Gasteiger partial charge is 0.224 e. The number of rotatable bonds is 6. The number of para-hydroxylation sites is 1. The van der Waals surface area contributed by atoms with Gasteiger partial charge in [0.15, 0.2) is 0 Å². The molecule has 0 spiro atoms. The first-order valence-corrected chi connectivity index (χ1v) is 12.0. The van der Waals surface area contributed by atoms with E-state index >= 15 is 0 Å². The number of carbonyl (C=O) groups excluding carboxylic acids is 1. The van der Waals surface area contributed by atoms with Crippen LogP contribution in [-0.2, 0) is 4.79 Å². The highest BCUT2D eigenvalue weighted by Gasteiger charge is 2.34. The Morgan fingerprint density at radius 2 is 1.41 bits per heavy atom. The van der Waals surface area contributed by atoms with Gasteiger partial charge in [0, 0.05) is 44.2 Å². The van der Waals surface area contributed by atoms with Crippen LogP contribution in [0.1, 0.15) is 35.2 Å². The number of benzene rings is 3. The Balaban J connectivity index is 1.30. The third-order valence-corrected chi connectivity index (χ3v) is 6.87. The van der Waals surface area contributed by atoms with Gasteiger partial charge >= 0.3 is 0 Å². The third kappa shape index (κ3) is 4.85. The molecule has 2 unspecified atom stereocenters. The van der Waals surface area contributed by atoms with Crippen LogP contribution in [0, 0.1) is 0 Å². The van der Waals surface area contributed by atoms with Crippen molar-refractivity contribution in [1.29, 1.82) is 0 Å². The van der Waals surface area contributed by atoms with Gasteiger partial charge in [-0.2, -0.15) is 0 Å². The average Bonchev–Trinajstić information content (AvgIpc) is 2.90. The van der Waals surface area contributed by atoms with Gasteiger partial charge in [-0.15, -0.1) is 0 Å². The molecule has 0 aromatic heterocycles. The molecule has 1 amide bonds. The van der Waals surface area contributed by atoms with Crippen LogP contribution < -0.4 is 15.4 Å². The summed E-state index contributed by atoms with van der Waals surface area (Å²) in [5.74, 6) is 0.875. The molecule has 5 rings (SSSR count). The zero-order valence-corrected chi connectivity index (χ0v) is 19.6. The molecular weight excluding hydrogens is 424 g/mol. The maximum Gasteiger partial charge on any atom is 0.224 e. The first-order valence-electron chi connectivity index (χ1n) is 12.0. The SMILES string of the molecule is COc1ccccc1C1CC(=O)NC(N2CCN(C(c3ccccc3)c3ccccc3)CC2)N1. The van der Waals surface area contributed by atoms with Crippen LogP contribution in [-0.4, -0.2) is 55.3 Å². The van der Waals surface area contributed by atoms with Gasteiger partial charge in [0.05, 0.1) is 13.2 Å². The fourth-order valence-corrected chi connectivity index (χ4v) is 5.18. The van der Waals surface area contributed by atoms with Crippen molar-refractivity contribution in [3.8, 4) is 5.75 Å². The Kier molecular flexibility index (Phi) is 6.90. The first-order chi connectivity index (χ1) is 16.7. The molecule has 176 valence electrons. The number of ether oxygens (including phenoxy) is 1. The van der Waals surface area contributed by atoms with E-state index in [2.05, 4.69) is 81.1 Å². The molecule has 6 nitrogen and oxygen atoms in total. The van der Waals surface area contributed by atoms with E-state index in [4.69, 9.17) is 4.74 Å². The van der Waals surface area contributed by atoms with Crippen molar-refractivity contribution in [2.45, 2.75) is 24.8 Å². The van der Waals surface area contributed by atoms with E-state index in [9.17, 15) is 4.79 Å². The second kappa shape index (κ2) is 10.4. The molecule has 0 saturated carbocycles. The minimum atomic E-state index is -0.190. The van der Waals surface area contributed by atoms with E-state index in [-0.39, 0.29) is 24.3 Å². The molecule has 2 N–H and O–H groups in total. The summed E-state index contributed by atoms with van der Waals surface area (Å²) in [5.41, 5.74) is 3.64. The molecule has 2 heterocycles. The quantitative estimate of drug-likeness (QED) is 0.594. The largest absolute Gasteiger partial charge is 0.496 e. The molecular formula is C28H32N4O2. The topological polar surface area (TPSA) is 56.8 Å². The van der Waals surface area contributed by atoms with Gasteiger partial charge in [-0.05, 0) is 17.2 Å². The second-order valence-electron chi connectivity index (χ2n) is 8.93. The Labute approximate surface area is 201 Å². The summed E-state index contributed by atoms with van der Waals surface area (Å²) in [6.07, 6.45) is 0.214. The summed E-state index contributed by atoms with van der Waals surface area (Å²) in [6, 6.07) is 29.5. The minimum Gasteiger partial charge on any atom is -0.496 e. The number of amides is 1. The number of nitrogens with one attached hydrogen (secondary N) is 2. The number of hydrogen-bond acceptors (Lipinski definition) is 5. The molecule has 0 aliphatic carbocycles. The van der Waals surface area contributed by atoms with Gasteiger partial charge in [-0.1, -0.05) is 78.9 Å². The first kappa shape index (κ1) is 22.6. The van der Waals surface area contributed by atoms with Crippen molar-refractivity contribution in [3.63, 3.8) is 0 Å². The van der Waals surface area contributed by atoms with Gasteiger partial charge in [-0.3, -0.25) is 19.9 Å². The van der Waals surface area contributed by atoms with Crippen molar-refractivity contribution in [2.75, 3.05) is 33.3 Å². The summed E-state index contributed by atoms with van der Waals surface area (Å²) < 4.78 is 5.55. The zero-order valence-electron chi connectivity index (χ0n) is 19.6. The van der Waals surface area contributed by atoms with Crippen LogP contribution in [0.5, 0.6) is 5.75 Å². The fraction of sp³-hybridized carbons (Fsp3) is 0.321. The average molecular weight is 457 g/mol. The van der Waals surface area contributed by atoms with Crippen LogP contribution in [0.2, 0.25) is 0 Å². The van der Waals surface area contributed by atoms with Gasteiger partial charge in [0.2, 0.25) is 5.91 Å². The third-order valence-electron chi connectivity index (χ3n) is 6.87. The maximum atomic E-state index is 12.6. The second-order valence-corrected chi connectivity index (χ2v) is 8.93. The molecule has 3 aromatic rings. The lowest BCUT2D eigenvalue weighted by molar-refractivity contribution is -0.127. The van der Waals surface area contributed by atoms with E-state index in [0.29, 0.717) is 6.42 Å². The lowest BCUT2D eigenvalue weighted by Crippen LogP contribution is -2.64. The zero-order chi connectivity index (χ0) is 23.3. The number of hydrogen-bond donors (Lipinski definition) is 2. The van der Waals surface area contributed by atoms with Crippen molar-refractivity contribution < 1.29 is 9.53 Å². The Hall–Kier alpha value is -3.19. The van der Waals surface area contributed by atoms with Gasteiger partial charge in [0.25, 0.3) is 0 Å². The highest BCUT2D eigenvalue weighted by atomic mass is 16.5. The Morgan fingerprint density at radius 3 is 2.03 bits per heavy atom.